The smallest absolute Gasteiger partial charge is 0.207 e. The molecule has 1 unspecified atom stereocenters. The van der Waals surface area contributed by atoms with Crippen LogP contribution in [0.25, 0.3) is 10.9 Å². The molecule has 21 heavy (non-hydrogen) atoms. The van der Waals surface area contributed by atoms with E-state index < -0.39 is 0 Å². The molecule has 1 atom stereocenters. The van der Waals surface area contributed by atoms with Gasteiger partial charge in [0, 0.05) is 24.9 Å². The number of benzene rings is 1. The van der Waals surface area contributed by atoms with Crippen molar-refractivity contribution in [1.82, 2.24) is 14.5 Å². The second kappa shape index (κ2) is 5.93. The van der Waals surface area contributed by atoms with Crippen molar-refractivity contribution in [2.75, 3.05) is 19.0 Å². The van der Waals surface area contributed by atoms with Gasteiger partial charge in [0.05, 0.1) is 30.0 Å². The average molecular weight is 282 g/mol. The highest BCUT2D eigenvalue weighted by molar-refractivity contribution is 5.82. The van der Waals surface area contributed by atoms with Gasteiger partial charge in [-0.2, -0.15) is 0 Å². The van der Waals surface area contributed by atoms with Crippen molar-refractivity contribution >= 4 is 22.5 Å². The number of nitrogens with one attached hydrogen (secondary N) is 1. The first-order valence-corrected chi connectivity index (χ1v) is 6.91. The second-order valence-electron chi connectivity index (χ2n) is 5.00. The number of pyridine rings is 1. The van der Waals surface area contributed by atoms with E-state index in [2.05, 4.69) is 32.8 Å². The number of rotatable bonds is 5. The lowest BCUT2D eigenvalue weighted by Gasteiger charge is -2.16. The maximum absolute atomic E-state index is 5.20. The number of imidazole rings is 1. The first-order valence-electron chi connectivity index (χ1n) is 6.91. The van der Waals surface area contributed by atoms with Crippen molar-refractivity contribution < 1.29 is 4.74 Å². The van der Waals surface area contributed by atoms with Crippen LogP contribution in [0, 0.1) is 0 Å². The van der Waals surface area contributed by atoms with E-state index >= 15 is 0 Å². The molecule has 0 amide bonds. The molecule has 2 heterocycles. The summed E-state index contributed by atoms with van der Waals surface area (Å²) in [5.74, 6) is 0.789. The molecule has 0 aliphatic rings. The maximum Gasteiger partial charge on any atom is 0.207 e. The van der Waals surface area contributed by atoms with Gasteiger partial charge in [-0.3, -0.25) is 4.98 Å². The summed E-state index contributed by atoms with van der Waals surface area (Å²) in [6.07, 6.45) is 5.55. The Morgan fingerprint density at radius 1 is 1.29 bits per heavy atom. The van der Waals surface area contributed by atoms with Crippen molar-refractivity contribution in [3.63, 3.8) is 0 Å². The Morgan fingerprint density at radius 2 is 2.14 bits per heavy atom. The summed E-state index contributed by atoms with van der Waals surface area (Å²) in [5, 5.41) is 4.42. The predicted octanol–water partition coefficient (Wildman–Crippen LogP) is 3.38. The molecule has 0 saturated carbocycles. The van der Waals surface area contributed by atoms with Crippen LogP contribution in [-0.4, -0.2) is 28.3 Å². The van der Waals surface area contributed by atoms with Gasteiger partial charge in [-0.15, -0.1) is 0 Å². The van der Waals surface area contributed by atoms with E-state index in [9.17, 15) is 0 Å². The zero-order valence-electron chi connectivity index (χ0n) is 12.2. The number of methoxy groups -OCH3 is 1. The lowest BCUT2D eigenvalue weighted by Crippen LogP contribution is -2.12. The topological polar surface area (TPSA) is 52.0 Å². The van der Waals surface area contributed by atoms with E-state index in [1.54, 1.807) is 13.3 Å². The Hall–Kier alpha value is -2.40. The molecule has 2 aromatic heterocycles. The number of anilines is 2. The Bertz CT molecular complexity index is 738. The Kier molecular flexibility index (Phi) is 3.83. The largest absolute Gasteiger partial charge is 0.383 e. The van der Waals surface area contributed by atoms with E-state index in [4.69, 9.17) is 4.74 Å². The summed E-state index contributed by atoms with van der Waals surface area (Å²) >= 11 is 0. The fraction of sp³-hybridized carbons (Fsp3) is 0.250. The summed E-state index contributed by atoms with van der Waals surface area (Å²) in [6, 6.07) is 10.3. The molecule has 0 aliphatic heterocycles. The van der Waals surface area contributed by atoms with Gasteiger partial charge in [-0.25, -0.2) is 4.98 Å². The SMILES string of the molecule is COCC(C)n1ccnc1Nc1cnc2ccccc2c1. The molecular formula is C16H18N4O. The molecule has 1 N–H and O–H groups in total. The molecule has 0 aliphatic carbocycles. The number of ether oxygens (including phenoxy) is 1. The summed E-state index contributed by atoms with van der Waals surface area (Å²) in [6.45, 7) is 2.73. The number of para-hydroxylation sites is 1. The van der Waals surface area contributed by atoms with Crippen LogP contribution in [0.15, 0.2) is 48.9 Å². The lowest BCUT2D eigenvalue weighted by molar-refractivity contribution is 0.163. The van der Waals surface area contributed by atoms with E-state index in [0.29, 0.717) is 6.61 Å². The third-order valence-corrected chi connectivity index (χ3v) is 3.40. The minimum atomic E-state index is 0.216. The zero-order valence-corrected chi connectivity index (χ0v) is 12.2. The van der Waals surface area contributed by atoms with Crippen LogP contribution in [0.1, 0.15) is 13.0 Å². The third-order valence-electron chi connectivity index (χ3n) is 3.40. The first kappa shape index (κ1) is 13.6. The van der Waals surface area contributed by atoms with Crippen molar-refractivity contribution in [3.05, 3.63) is 48.9 Å². The number of fused-ring (bicyclic) bond motifs is 1. The van der Waals surface area contributed by atoms with Gasteiger partial charge in [-0.1, -0.05) is 18.2 Å². The molecule has 0 saturated heterocycles. The summed E-state index contributed by atoms with van der Waals surface area (Å²) < 4.78 is 7.26. The monoisotopic (exact) mass is 282 g/mol. The fourth-order valence-corrected chi connectivity index (χ4v) is 2.36. The number of aromatic nitrogens is 3. The summed E-state index contributed by atoms with van der Waals surface area (Å²) in [5.41, 5.74) is 1.91. The van der Waals surface area contributed by atoms with Crippen LogP contribution in [-0.2, 0) is 4.74 Å². The average Bonchev–Trinajstić information content (AvgIpc) is 2.95. The van der Waals surface area contributed by atoms with E-state index in [0.717, 1.165) is 22.5 Å². The third kappa shape index (κ3) is 2.87. The molecule has 3 aromatic rings. The number of nitrogens with zero attached hydrogens (tertiary/aromatic N) is 3. The van der Waals surface area contributed by atoms with Gasteiger partial charge in [0.25, 0.3) is 0 Å². The molecule has 108 valence electrons. The highest BCUT2D eigenvalue weighted by Gasteiger charge is 2.10. The fourth-order valence-electron chi connectivity index (χ4n) is 2.36. The molecule has 3 rings (SSSR count). The van der Waals surface area contributed by atoms with Gasteiger partial charge < -0.3 is 14.6 Å². The van der Waals surface area contributed by atoms with Crippen molar-refractivity contribution in [3.8, 4) is 0 Å². The molecule has 0 bridgehead atoms. The van der Waals surface area contributed by atoms with E-state index in [1.807, 2.05) is 36.7 Å². The molecule has 5 nitrogen and oxygen atoms in total. The quantitative estimate of drug-likeness (QED) is 0.779. The van der Waals surface area contributed by atoms with Crippen LogP contribution >= 0.6 is 0 Å². The Morgan fingerprint density at radius 3 is 3.00 bits per heavy atom. The number of hydrogen-bond donors (Lipinski definition) is 1. The van der Waals surface area contributed by atoms with Crippen molar-refractivity contribution in [2.24, 2.45) is 0 Å². The van der Waals surface area contributed by atoms with Gasteiger partial charge in [-0.05, 0) is 19.1 Å². The Balaban J connectivity index is 1.87. The normalized spacial score (nSPS) is 12.5. The highest BCUT2D eigenvalue weighted by atomic mass is 16.5. The maximum atomic E-state index is 5.20. The number of hydrogen-bond acceptors (Lipinski definition) is 4. The molecule has 0 fully saturated rings. The lowest BCUT2D eigenvalue weighted by atomic mass is 10.2. The highest BCUT2D eigenvalue weighted by Crippen LogP contribution is 2.21. The van der Waals surface area contributed by atoms with Crippen LogP contribution in [0.5, 0.6) is 0 Å². The Labute approximate surface area is 123 Å². The molecule has 1 aromatic carbocycles. The van der Waals surface area contributed by atoms with Crippen LogP contribution in [0.2, 0.25) is 0 Å². The predicted molar refractivity (Wildman–Crippen MR) is 83.8 cm³/mol. The van der Waals surface area contributed by atoms with Gasteiger partial charge in [0.1, 0.15) is 0 Å². The van der Waals surface area contributed by atoms with Crippen LogP contribution in [0.4, 0.5) is 11.6 Å². The van der Waals surface area contributed by atoms with Crippen molar-refractivity contribution in [1.29, 1.82) is 0 Å². The van der Waals surface area contributed by atoms with E-state index in [1.165, 1.54) is 0 Å². The second-order valence-corrected chi connectivity index (χ2v) is 5.00. The first-order chi connectivity index (χ1) is 10.3. The summed E-state index contributed by atoms with van der Waals surface area (Å²) in [4.78, 5) is 8.81. The minimum Gasteiger partial charge on any atom is -0.383 e. The minimum absolute atomic E-state index is 0.216. The van der Waals surface area contributed by atoms with Crippen molar-refractivity contribution in [2.45, 2.75) is 13.0 Å². The van der Waals surface area contributed by atoms with Crippen LogP contribution in [0.3, 0.4) is 0 Å². The van der Waals surface area contributed by atoms with Crippen LogP contribution < -0.4 is 5.32 Å². The standard InChI is InChI=1S/C16H18N4O/c1-12(11-21-2)20-8-7-17-16(20)19-14-9-13-5-3-4-6-15(13)18-10-14/h3-10,12H,11H2,1-2H3,(H,17,19). The molecule has 0 radical (unpaired) electrons. The van der Waals surface area contributed by atoms with E-state index in [-0.39, 0.29) is 6.04 Å². The van der Waals surface area contributed by atoms with Gasteiger partial charge >= 0.3 is 0 Å². The summed E-state index contributed by atoms with van der Waals surface area (Å²) in [7, 11) is 1.70. The molecule has 5 heteroatoms. The molecule has 0 spiro atoms. The van der Waals surface area contributed by atoms with Gasteiger partial charge in [0.15, 0.2) is 0 Å². The molecular weight excluding hydrogens is 264 g/mol. The van der Waals surface area contributed by atoms with Gasteiger partial charge in [0.2, 0.25) is 5.95 Å². The zero-order chi connectivity index (χ0) is 14.7.